The third kappa shape index (κ3) is 5.91. The maximum atomic E-state index is 5.93. The van der Waals surface area contributed by atoms with Crippen LogP contribution in [0.3, 0.4) is 0 Å². The van der Waals surface area contributed by atoms with Gasteiger partial charge >= 0.3 is 0 Å². The minimum absolute atomic E-state index is 0. The molecule has 3 rings (SSSR count). The summed E-state index contributed by atoms with van der Waals surface area (Å²) in [5.74, 6) is 2.67. The zero-order chi connectivity index (χ0) is 20.9. The van der Waals surface area contributed by atoms with E-state index in [1.54, 1.807) is 7.05 Å². The van der Waals surface area contributed by atoms with Gasteiger partial charge in [0.25, 0.3) is 0 Å². The molecule has 30 heavy (non-hydrogen) atoms. The number of ether oxygens (including phenoxy) is 3. The standard InChI is InChI=1S/C22H36N4O3.HI/c1-6-28-19-12-17-11-16(2)29-20(17)13-18(19)14-24-21(23-3)25-15-22(26(4)5)7-9-27-10-8-22;/h12-13,16H,6-11,14-15H2,1-5H3,(H2,23,24,25);1H. The average Bonchev–Trinajstić information content (AvgIpc) is 3.07. The highest BCUT2D eigenvalue weighted by Crippen LogP contribution is 2.35. The third-order valence-corrected chi connectivity index (χ3v) is 6.01. The number of hydrogen-bond acceptors (Lipinski definition) is 5. The van der Waals surface area contributed by atoms with Gasteiger partial charge in [0.2, 0.25) is 0 Å². The minimum Gasteiger partial charge on any atom is -0.494 e. The number of nitrogens with one attached hydrogen (secondary N) is 2. The van der Waals surface area contributed by atoms with Crippen LogP contribution >= 0.6 is 24.0 Å². The Morgan fingerprint density at radius 3 is 2.63 bits per heavy atom. The highest BCUT2D eigenvalue weighted by molar-refractivity contribution is 14.0. The normalized spacial score (nSPS) is 20.2. The number of aliphatic imine (C=N–C) groups is 1. The van der Waals surface area contributed by atoms with Crippen LogP contribution in [-0.4, -0.2) is 70.0 Å². The maximum absolute atomic E-state index is 5.93. The summed E-state index contributed by atoms with van der Waals surface area (Å²) in [6.45, 7) is 7.81. The molecule has 1 aromatic carbocycles. The van der Waals surface area contributed by atoms with E-state index in [0.29, 0.717) is 13.2 Å². The Bertz CT molecular complexity index is 721. The fourth-order valence-corrected chi connectivity index (χ4v) is 4.09. The second-order valence-corrected chi connectivity index (χ2v) is 8.14. The summed E-state index contributed by atoms with van der Waals surface area (Å²) in [6, 6.07) is 4.22. The topological polar surface area (TPSA) is 67.4 Å². The molecule has 0 bridgehead atoms. The molecule has 0 aliphatic carbocycles. The van der Waals surface area contributed by atoms with Gasteiger partial charge in [-0.15, -0.1) is 24.0 Å². The molecule has 1 aromatic rings. The number of likely N-dealkylation sites (N-methyl/N-ethyl adjacent to an activating group) is 1. The van der Waals surface area contributed by atoms with Crippen LogP contribution in [0.25, 0.3) is 0 Å². The van der Waals surface area contributed by atoms with E-state index in [9.17, 15) is 0 Å². The number of benzene rings is 1. The summed E-state index contributed by atoms with van der Waals surface area (Å²) in [5, 5.41) is 6.95. The third-order valence-electron chi connectivity index (χ3n) is 6.01. The Labute approximate surface area is 197 Å². The van der Waals surface area contributed by atoms with Gasteiger partial charge in [0.15, 0.2) is 5.96 Å². The van der Waals surface area contributed by atoms with Crippen LogP contribution in [-0.2, 0) is 17.7 Å². The first kappa shape index (κ1) is 25.0. The fourth-order valence-electron chi connectivity index (χ4n) is 4.09. The maximum Gasteiger partial charge on any atom is 0.191 e. The van der Waals surface area contributed by atoms with E-state index in [0.717, 1.165) is 62.0 Å². The summed E-state index contributed by atoms with van der Waals surface area (Å²) in [6.07, 6.45) is 3.18. The van der Waals surface area contributed by atoms with E-state index in [1.807, 2.05) is 6.92 Å². The number of hydrogen-bond donors (Lipinski definition) is 2. The lowest BCUT2D eigenvalue weighted by Crippen LogP contribution is -2.57. The first-order chi connectivity index (χ1) is 14.0. The largest absolute Gasteiger partial charge is 0.494 e. The smallest absolute Gasteiger partial charge is 0.191 e. The van der Waals surface area contributed by atoms with Crippen molar-refractivity contribution in [1.29, 1.82) is 0 Å². The molecule has 1 atom stereocenters. The van der Waals surface area contributed by atoms with Crippen LogP contribution in [0.15, 0.2) is 17.1 Å². The van der Waals surface area contributed by atoms with Crippen molar-refractivity contribution in [2.75, 3.05) is 47.5 Å². The Kier molecular flexibility index (Phi) is 9.49. The molecule has 170 valence electrons. The second kappa shape index (κ2) is 11.4. The molecule has 0 spiro atoms. The molecule has 0 aromatic heterocycles. The van der Waals surface area contributed by atoms with Gasteiger partial charge in [-0.25, -0.2) is 0 Å². The fraction of sp³-hybridized carbons (Fsp3) is 0.682. The van der Waals surface area contributed by atoms with E-state index < -0.39 is 0 Å². The Balaban J connectivity index is 0.00000320. The van der Waals surface area contributed by atoms with Crippen molar-refractivity contribution in [3.8, 4) is 11.5 Å². The van der Waals surface area contributed by atoms with Gasteiger partial charge < -0.3 is 29.7 Å². The van der Waals surface area contributed by atoms with Crippen LogP contribution in [0.5, 0.6) is 11.5 Å². The summed E-state index contributed by atoms with van der Waals surface area (Å²) in [4.78, 5) is 6.72. The molecule has 2 aliphatic heterocycles. The van der Waals surface area contributed by atoms with Crippen molar-refractivity contribution >= 4 is 29.9 Å². The number of nitrogens with zero attached hydrogens (tertiary/aromatic N) is 2. The first-order valence-corrected chi connectivity index (χ1v) is 10.6. The van der Waals surface area contributed by atoms with Gasteiger partial charge in [-0.1, -0.05) is 0 Å². The zero-order valence-corrected chi connectivity index (χ0v) is 21.2. The molecule has 1 saturated heterocycles. The van der Waals surface area contributed by atoms with Gasteiger partial charge in [0.05, 0.1) is 6.61 Å². The van der Waals surface area contributed by atoms with E-state index in [4.69, 9.17) is 14.2 Å². The van der Waals surface area contributed by atoms with E-state index in [1.165, 1.54) is 5.56 Å². The van der Waals surface area contributed by atoms with Crippen LogP contribution in [0.1, 0.15) is 37.8 Å². The number of fused-ring (bicyclic) bond motifs is 1. The molecular weight excluding hydrogens is 495 g/mol. The lowest BCUT2D eigenvalue weighted by Gasteiger charge is -2.43. The SMILES string of the molecule is CCOc1cc2c(cc1CNC(=NC)NCC1(N(C)C)CCOCC1)OC(C)C2.I. The van der Waals surface area contributed by atoms with Crippen molar-refractivity contribution in [3.05, 3.63) is 23.3 Å². The molecule has 0 amide bonds. The van der Waals surface area contributed by atoms with Crippen molar-refractivity contribution in [2.45, 2.75) is 51.3 Å². The molecule has 2 aliphatic rings. The lowest BCUT2D eigenvalue weighted by molar-refractivity contribution is -0.00501. The highest BCUT2D eigenvalue weighted by Gasteiger charge is 2.34. The quantitative estimate of drug-likeness (QED) is 0.320. The Morgan fingerprint density at radius 2 is 2.00 bits per heavy atom. The van der Waals surface area contributed by atoms with E-state index >= 15 is 0 Å². The van der Waals surface area contributed by atoms with E-state index in [-0.39, 0.29) is 35.6 Å². The Morgan fingerprint density at radius 1 is 1.27 bits per heavy atom. The van der Waals surface area contributed by atoms with Gasteiger partial charge in [0.1, 0.15) is 17.6 Å². The van der Waals surface area contributed by atoms with Crippen LogP contribution in [0.2, 0.25) is 0 Å². The van der Waals surface area contributed by atoms with Crippen molar-refractivity contribution in [1.82, 2.24) is 15.5 Å². The predicted molar refractivity (Wildman–Crippen MR) is 131 cm³/mol. The lowest BCUT2D eigenvalue weighted by atomic mass is 9.88. The summed E-state index contributed by atoms with van der Waals surface area (Å²) < 4.78 is 17.4. The van der Waals surface area contributed by atoms with Crippen LogP contribution in [0, 0.1) is 0 Å². The van der Waals surface area contributed by atoms with Crippen molar-refractivity contribution < 1.29 is 14.2 Å². The number of guanidine groups is 1. The molecule has 2 N–H and O–H groups in total. The van der Waals surface area contributed by atoms with Crippen molar-refractivity contribution in [3.63, 3.8) is 0 Å². The predicted octanol–water partition coefficient (Wildman–Crippen LogP) is 2.80. The zero-order valence-electron chi connectivity index (χ0n) is 18.9. The molecule has 2 heterocycles. The average molecular weight is 532 g/mol. The van der Waals surface area contributed by atoms with Crippen LogP contribution < -0.4 is 20.1 Å². The molecule has 1 fully saturated rings. The van der Waals surface area contributed by atoms with Gasteiger partial charge in [-0.05, 0) is 52.9 Å². The first-order valence-electron chi connectivity index (χ1n) is 10.6. The molecule has 0 radical (unpaired) electrons. The van der Waals surface area contributed by atoms with Crippen LogP contribution in [0.4, 0.5) is 0 Å². The summed E-state index contributed by atoms with van der Waals surface area (Å²) >= 11 is 0. The van der Waals surface area contributed by atoms with Gasteiger partial charge in [0, 0.05) is 56.4 Å². The summed E-state index contributed by atoms with van der Waals surface area (Å²) in [5.41, 5.74) is 2.39. The molecular formula is C22H37IN4O3. The van der Waals surface area contributed by atoms with Gasteiger partial charge in [-0.3, -0.25) is 4.99 Å². The monoisotopic (exact) mass is 532 g/mol. The second-order valence-electron chi connectivity index (χ2n) is 8.14. The molecule has 7 nitrogen and oxygen atoms in total. The number of rotatable bonds is 7. The number of halogens is 1. The summed E-state index contributed by atoms with van der Waals surface area (Å²) in [7, 11) is 6.09. The van der Waals surface area contributed by atoms with Crippen molar-refractivity contribution in [2.24, 2.45) is 4.99 Å². The van der Waals surface area contributed by atoms with Gasteiger partial charge in [-0.2, -0.15) is 0 Å². The molecule has 0 saturated carbocycles. The van der Waals surface area contributed by atoms with E-state index in [2.05, 4.69) is 53.7 Å². The Hall–Kier alpha value is -1.26. The highest BCUT2D eigenvalue weighted by atomic mass is 127. The molecule has 1 unspecified atom stereocenters. The molecule has 8 heteroatoms. The minimum atomic E-state index is 0.